The van der Waals surface area contributed by atoms with Crippen LogP contribution in [0.4, 0.5) is 4.79 Å². The van der Waals surface area contributed by atoms with E-state index in [4.69, 9.17) is 0 Å². The summed E-state index contributed by atoms with van der Waals surface area (Å²) in [4.78, 5) is 14.0. The van der Waals surface area contributed by atoms with E-state index in [-0.39, 0.29) is 12.1 Å². The van der Waals surface area contributed by atoms with Gasteiger partial charge in [0.05, 0.1) is 12.1 Å². The minimum atomic E-state index is -0.393. The van der Waals surface area contributed by atoms with Gasteiger partial charge >= 0.3 is 6.03 Å². The second-order valence-electron chi connectivity index (χ2n) is 6.02. The zero-order valence-corrected chi connectivity index (χ0v) is 12.8. The van der Waals surface area contributed by atoms with Crippen LogP contribution in [0.2, 0.25) is 0 Å². The third-order valence-corrected chi connectivity index (χ3v) is 4.30. The average molecular weight is 298 g/mol. The summed E-state index contributed by atoms with van der Waals surface area (Å²) in [5, 5.41) is 15.1. The Morgan fingerprint density at radius 1 is 1.27 bits per heavy atom. The molecule has 1 saturated heterocycles. The van der Waals surface area contributed by atoms with E-state index in [1.54, 1.807) is 4.90 Å². The van der Waals surface area contributed by atoms with Crippen LogP contribution in [0.3, 0.4) is 0 Å². The van der Waals surface area contributed by atoms with Gasteiger partial charge in [-0.25, -0.2) is 4.79 Å². The van der Waals surface area contributed by atoms with Gasteiger partial charge < -0.3 is 15.3 Å². The fourth-order valence-corrected chi connectivity index (χ4v) is 2.98. The van der Waals surface area contributed by atoms with Gasteiger partial charge in [-0.1, -0.05) is 36.4 Å². The maximum atomic E-state index is 12.3. The molecular formula is C18H22N2O2. The Morgan fingerprint density at radius 3 is 2.82 bits per heavy atom. The van der Waals surface area contributed by atoms with E-state index in [1.165, 1.54) is 10.8 Å². The molecule has 1 aliphatic heterocycles. The number of hydrogen-bond donors (Lipinski definition) is 2. The third kappa shape index (κ3) is 3.22. The first-order valence-corrected chi connectivity index (χ1v) is 7.85. The van der Waals surface area contributed by atoms with Gasteiger partial charge in [-0.3, -0.25) is 0 Å². The van der Waals surface area contributed by atoms with Crippen molar-refractivity contribution >= 4 is 16.8 Å². The summed E-state index contributed by atoms with van der Waals surface area (Å²) in [5.41, 5.74) is 1.09. The first kappa shape index (κ1) is 14.9. The summed E-state index contributed by atoms with van der Waals surface area (Å²) < 4.78 is 0. The molecule has 116 valence electrons. The van der Waals surface area contributed by atoms with Crippen molar-refractivity contribution < 1.29 is 9.90 Å². The summed E-state index contributed by atoms with van der Waals surface area (Å²) in [5.74, 6) is 0. The molecule has 2 N–H and O–H groups in total. The van der Waals surface area contributed by atoms with Crippen molar-refractivity contribution in [1.29, 1.82) is 0 Å². The van der Waals surface area contributed by atoms with Gasteiger partial charge in [-0.2, -0.15) is 0 Å². The van der Waals surface area contributed by atoms with Crippen LogP contribution in [-0.2, 0) is 0 Å². The van der Waals surface area contributed by atoms with E-state index in [9.17, 15) is 9.90 Å². The van der Waals surface area contributed by atoms with Gasteiger partial charge in [0.2, 0.25) is 0 Å². The Bertz CT molecular complexity index is 671. The van der Waals surface area contributed by atoms with Crippen LogP contribution in [0, 0.1) is 0 Å². The van der Waals surface area contributed by atoms with Crippen LogP contribution in [0.1, 0.15) is 31.4 Å². The van der Waals surface area contributed by atoms with Gasteiger partial charge in [-0.05, 0) is 42.2 Å². The zero-order valence-electron chi connectivity index (χ0n) is 12.8. The van der Waals surface area contributed by atoms with Gasteiger partial charge in [0.1, 0.15) is 0 Å². The highest BCUT2D eigenvalue weighted by atomic mass is 16.3. The summed E-state index contributed by atoms with van der Waals surface area (Å²) in [6.45, 7) is 3.13. The molecule has 2 aromatic carbocycles. The number of fused-ring (bicyclic) bond motifs is 1. The zero-order chi connectivity index (χ0) is 15.5. The van der Waals surface area contributed by atoms with Crippen molar-refractivity contribution in [2.24, 2.45) is 0 Å². The molecular weight excluding hydrogens is 276 g/mol. The number of aliphatic hydroxyl groups is 1. The van der Waals surface area contributed by atoms with Crippen molar-refractivity contribution in [2.45, 2.75) is 31.9 Å². The number of piperidine rings is 1. The van der Waals surface area contributed by atoms with Gasteiger partial charge in [0, 0.05) is 13.1 Å². The molecule has 0 radical (unpaired) electrons. The molecule has 0 bridgehead atoms. The van der Waals surface area contributed by atoms with Gasteiger partial charge in [-0.15, -0.1) is 0 Å². The molecule has 4 heteroatoms. The topological polar surface area (TPSA) is 52.6 Å². The van der Waals surface area contributed by atoms with Crippen LogP contribution < -0.4 is 5.32 Å². The smallest absolute Gasteiger partial charge is 0.317 e. The van der Waals surface area contributed by atoms with E-state index < -0.39 is 6.10 Å². The normalized spacial score (nSPS) is 19.9. The molecule has 2 amide bonds. The second kappa shape index (κ2) is 6.36. The Labute approximate surface area is 130 Å². The molecule has 3 rings (SSSR count). The molecule has 0 aliphatic carbocycles. The largest absolute Gasteiger partial charge is 0.391 e. The number of benzene rings is 2. The van der Waals surface area contributed by atoms with Crippen molar-refractivity contribution in [2.75, 3.05) is 13.1 Å². The Kier molecular flexibility index (Phi) is 4.29. The van der Waals surface area contributed by atoms with Crippen molar-refractivity contribution in [3.63, 3.8) is 0 Å². The summed E-state index contributed by atoms with van der Waals surface area (Å²) in [6.07, 6.45) is 1.25. The lowest BCUT2D eigenvalue weighted by molar-refractivity contribution is 0.0835. The molecule has 1 fully saturated rings. The van der Waals surface area contributed by atoms with Gasteiger partial charge in [0.25, 0.3) is 0 Å². The Balaban J connectivity index is 1.69. The molecule has 1 heterocycles. The SMILES string of the molecule is CC(NC(=O)N1CCCC(O)C1)c1ccc2ccccc2c1. The number of nitrogens with zero attached hydrogens (tertiary/aromatic N) is 1. The number of rotatable bonds is 2. The van der Waals surface area contributed by atoms with Crippen LogP contribution in [0.25, 0.3) is 10.8 Å². The summed E-state index contributed by atoms with van der Waals surface area (Å²) in [7, 11) is 0. The lowest BCUT2D eigenvalue weighted by Crippen LogP contribution is -2.47. The molecule has 2 aromatic rings. The first-order valence-electron chi connectivity index (χ1n) is 7.85. The van der Waals surface area contributed by atoms with E-state index in [2.05, 4.69) is 35.6 Å². The minimum Gasteiger partial charge on any atom is -0.391 e. The third-order valence-electron chi connectivity index (χ3n) is 4.30. The maximum Gasteiger partial charge on any atom is 0.317 e. The van der Waals surface area contributed by atoms with Crippen LogP contribution >= 0.6 is 0 Å². The fraction of sp³-hybridized carbons (Fsp3) is 0.389. The Morgan fingerprint density at radius 2 is 2.05 bits per heavy atom. The monoisotopic (exact) mass is 298 g/mol. The number of likely N-dealkylation sites (tertiary alicyclic amines) is 1. The lowest BCUT2D eigenvalue weighted by Gasteiger charge is -2.31. The predicted octanol–water partition coefficient (Wildman–Crippen LogP) is 3.07. The van der Waals surface area contributed by atoms with E-state index in [1.807, 2.05) is 19.1 Å². The molecule has 1 aliphatic rings. The van der Waals surface area contributed by atoms with Crippen molar-refractivity contribution in [3.8, 4) is 0 Å². The fourth-order valence-electron chi connectivity index (χ4n) is 2.98. The number of hydrogen-bond acceptors (Lipinski definition) is 2. The first-order chi connectivity index (χ1) is 10.6. The molecule has 22 heavy (non-hydrogen) atoms. The van der Waals surface area contributed by atoms with Crippen molar-refractivity contribution in [3.05, 3.63) is 48.0 Å². The summed E-state index contributed by atoms with van der Waals surface area (Å²) >= 11 is 0. The molecule has 0 spiro atoms. The molecule has 2 atom stereocenters. The molecule has 2 unspecified atom stereocenters. The number of β-amino-alcohol motifs (C(OH)–C–C–N with tert-alkyl or cyclic N) is 1. The highest BCUT2D eigenvalue weighted by Gasteiger charge is 2.23. The van der Waals surface area contributed by atoms with Crippen LogP contribution in [0.15, 0.2) is 42.5 Å². The number of aliphatic hydroxyl groups excluding tert-OH is 1. The summed E-state index contributed by atoms with van der Waals surface area (Å²) in [6, 6.07) is 14.3. The Hall–Kier alpha value is -2.07. The maximum absolute atomic E-state index is 12.3. The van der Waals surface area contributed by atoms with Crippen LogP contribution in [-0.4, -0.2) is 35.2 Å². The molecule has 0 aromatic heterocycles. The van der Waals surface area contributed by atoms with Crippen molar-refractivity contribution in [1.82, 2.24) is 10.2 Å². The number of urea groups is 1. The van der Waals surface area contributed by atoms with E-state index in [0.717, 1.165) is 18.4 Å². The quantitative estimate of drug-likeness (QED) is 0.895. The number of carbonyl (C=O) groups excluding carboxylic acids is 1. The standard InChI is InChI=1S/C18H22N2O2/c1-13(19-18(22)20-10-4-7-17(21)12-20)15-9-8-14-5-2-3-6-16(14)11-15/h2-3,5-6,8-9,11,13,17,21H,4,7,10,12H2,1H3,(H,19,22). The van der Waals surface area contributed by atoms with E-state index in [0.29, 0.717) is 13.1 Å². The minimum absolute atomic E-state index is 0.0591. The van der Waals surface area contributed by atoms with Crippen LogP contribution in [0.5, 0.6) is 0 Å². The van der Waals surface area contributed by atoms with E-state index >= 15 is 0 Å². The highest BCUT2D eigenvalue weighted by molar-refractivity contribution is 5.83. The molecule has 0 saturated carbocycles. The van der Waals surface area contributed by atoms with Gasteiger partial charge in [0.15, 0.2) is 0 Å². The number of amides is 2. The number of nitrogens with one attached hydrogen (secondary N) is 1. The second-order valence-corrected chi connectivity index (χ2v) is 6.02. The highest BCUT2D eigenvalue weighted by Crippen LogP contribution is 2.20. The average Bonchev–Trinajstić information content (AvgIpc) is 2.54. The lowest BCUT2D eigenvalue weighted by atomic mass is 10.0. The predicted molar refractivity (Wildman–Crippen MR) is 87.7 cm³/mol. The molecule has 4 nitrogen and oxygen atoms in total. The number of carbonyl (C=O) groups is 1.